The van der Waals surface area contributed by atoms with Crippen molar-refractivity contribution < 1.29 is 19.1 Å². The van der Waals surface area contributed by atoms with E-state index in [1.165, 1.54) is 12.4 Å². The first kappa shape index (κ1) is 30.9. The number of hydroxylamine groups is 1. The number of nitrogens with zero attached hydrogens (tertiary/aromatic N) is 5. The zero-order chi connectivity index (χ0) is 31.9. The highest BCUT2D eigenvalue weighted by Crippen LogP contribution is 2.40. The lowest BCUT2D eigenvalue weighted by Crippen LogP contribution is -2.44. The number of ether oxygens (including phenoxy) is 2. The summed E-state index contributed by atoms with van der Waals surface area (Å²) in [6.45, 7) is 8.18. The molecular formula is C35H39N7O4. The SMILES string of the molecule is C=CC(=O)Nc1cc(Nc2cc(N3OCC[C@@H]3c3cccc(OCc4ccccc4)c3)ncn2)c(OC)cc1N1CCN(C)CC1. The van der Waals surface area contributed by atoms with Crippen molar-refractivity contribution in [2.45, 2.75) is 19.1 Å². The predicted molar refractivity (Wildman–Crippen MR) is 180 cm³/mol. The molecule has 4 aromatic rings. The Hall–Kier alpha value is -5.13. The Morgan fingerprint density at radius 1 is 1.02 bits per heavy atom. The molecule has 2 fully saturated rings. The standard InChI is InChI=1S/C35H39N7O4/c1-4-35(43)39-28-20-29(32(44-3)21-31(28)41-16-14-40(2)15-17-41)38-33-22-34(37-24-36-33)42-30(13-18-46-42)26-11-8-12-27(19-26)45-23-25-9-6-5-7-10-25/h4-12,19-22,24,30H,1,13-18,23H2,2-3H3,(H,39,43)(H,36,37,38)/t30-/m1/s1. The molecule has 3 heterocycles. The number of carbonyl (C=O) groups excluding carboxylic acids is 1. The molecule has 11 heteroatoms. The summed E-state index contributed by atoms with van der Waals surface area (Å²) in [5.41, 5.74) is 4.37. The third kappa shape index (κ3) is 7.22. The number of hydrogen-bond donors (Lipinski definition) is 2. The minimum Gasteiger partial charge on any atom is -0.494 e. The number of methoxy groups -OCH3 is 1. The molecule has 2 saturated heterocycles. The number of amides is 1. The summed E-state index contributed by atoms with van der Waals surface area (Å²) in [6.07, 6.45) is 3.56. The molecule has 2 aliphatic rings. The number of anilines is 5. The van der Waals surface area contributed by atoms with Gasteiger partial charge in [-0.1, -0.05) is 49.0 Å². The number of carbonyl (C=O) groups is 1. The molecule has 3 aromatic carbocycles. The first-order chi connectivity index (χ1) is 22.5. The maximum absolute atomic E-state index is 12.4. The van der Waals surface area contributed by atoms with Crippen molar-refractivity contribution in [1.29, 1.82) is 0 Å². The molecule has 0 spiro atoms. The quantitative estimate of drug-likeness (QED) is 0.207. The summed E-state index contributed by atoms with van der Waals surface area (Å²) in [6, 6.07) is 23.8. The summed E-state index contributed by atoms with van der Waals surface area (Å²) in [5, 5.41) is 8.17. The van der Waals surface area contributed by atoms with Crippen LogP contribution in [0.3, 0.4) is 0 Å². The molecule has 46 heavy (non-hydrogen) atoms. The zero-order valence-electron chi connectivity index (χ0n) is 26.2. The van der Waals surface area contributed by atoms with Gasteiger partial charge in [0.05, 0.1) is 36.8 Å². The third-order valence-corrected chi connectivity index (χ3v) is 8.14. The smallest absolute Gasteiger partial charge is 0.247 e. The van der Waals surface area contributed by atoms with Gasteiger partial charge in [-0.2, -0.15) is 0 Å². The zero-order valence-corrected chi connectivity index (χ0v) is 26.2. The van der Waals surface area contributed by atoms with Crippen LogP contribution in [0.2, 0.25) is 0 Å². The van der Waals surface area contributed by atoms with E-state index < -0.39 is 0 Å². The maximum Gasteiger partial charge on any atom is 0.247 e. The first-order valence-corrected chi connectivity index (χ1v) is 15.4. The number of likely N-dealkylation sites (N-methyl/N-ethyl adjacent to an activating group) is 1. The van der Waals surface area contributed by atoms with Crippen LogP contribution in [-0.2, 0) is 16.2 Å². The summed E-state index contributed by atoms with van der Waals surface area (Å²) < 4.78 is 11.9. The molecule has 0 saturated carbocycles. The lowest BCUT2D eigenvalue weighted by atomic mass is 10.0. The second-order valence-electron chi connectivity index (χ2n) is 11.3. The number of nitrogens with one attached hydrogen (secondary N) is 2. The molecule has 0 bridgehead atoms. The van der Waals surface area contributed by atoms with Crippen molar-refractivity contribution >= 4 is 34.6 Å². The van der Waals surface area contributed by atoms with Gasteiger partial charge in [0.2, 0.25) is 5.91 Å². The fourth-order valence-electron chi connectivity index (χ4n) is 5.65. The Morgan fingerprint density at radius 2 is 1.85 bits per heavy atom. The molecule has 1 amide bonds. The molecule has 6 rings (SSSR count). The molecule has 0 aliphatic carbocycles. The topological polar surface area (TPSA) is 104 Å². The van der Waals surface area contributed by atoms with E-state index in [0.717, 1.165) is 55.2 Å². The molecule has 0 unspecified atom stereocenters. The molecule has 1 atom stereocenters. The molecule has 0 radical (unpaired) electrons. The minimum atomic E-state index is -0.289. The lowest BCUT2D eigenvalue weighted by molar-refractivity contribution is -0.111. The maximum atomic E-state index is 12.4. The van der Waals surface area contributed by atoms with Crippen molar-refractivity contribution in [3.8, 4) is 11.5 Å². The van der Waals surface area contributed by atoms with Gasteiger partial charge in [0, 0.05) is 44.7 Å². The van der Waals surface area contributed by atoms with Gasteiger partial charge in [0.25, 0.3) is 0 Å². The Bertz CT molecular complexity index is 1660. The summed E-state index contributed by atoms with van der Waals surface area (Å²) in [7, 11) is 3.73. The number of rotatable bonds is 11. The van der Waals surface area contributed by atoms with Crippen molar-refractivity contribution in [3.63, 3.8) is 0 Å². The molecular weight excluding hydrogens is 582 g/mol. The highest BCUT2D eigenvalue weighted by molar-refractivity contribution is 6.02. The van der Waals surface area contributed by atoms with Crippen molar-refractivity contribution in [1.82, 2.24) is 14.9 Å². The van der Waals surface area contributed by atoms with Gasteiger partial charge in [-0.15, -0.1) is 0 Å². The van der Waals surface area contributed by atoms with Crippen LogP contribution in [0.1, 0.15) is 23.6 Å². The predicted octanol–water partition coefficient (Wildman–Crippen LogP) is 5.57. The fourth-order valence-corrected chi connectivity index (χ4v) is 5.65. The van der Waals surface area contributed by atoms with Crippen LogP contribution in [0.15, 0.2) is 91.8 Å². The van der Waals surface area contributed by atoms with Gasteiger partial charge in [-0.3, -0.25) is 9.63 Å². The highest BCUT2D eigenvalue weighted by Gasteiger charge is 2.30. The minimum absolute atomic E-state index is 0.0545. The van der Waals surface area contributed by atoms with E-state index >= 15 is 0 Å². The van der Waals surface area contributed by atoms with Crippen molar-refractivity contribution in [3.05, 3.63) is 103 Å². The van der Waals surface area contributed by atoms with E-state index in [4.69, 9.17) is 14.3 Å². The molecule has 2 N–H and O–H groups in total. The Kier molecular flexibility index (Phi) is 9.61. The summed E-state index contributed by atoms with van der Waals surface area (Å²) in [5.74, 6) is 2.29. The van der Waals surface area contributed by atoms with Gasteiger partial charge < -0.3 is 29.9 Å². The molecule has 1 aromatic heterocycles. The number of aromatic nitrogens is 2. The van der Waals surface area contributed by atoms with E-state index in [9.17, 15) is 4.79 Å². The molecule has 2 aliphatic heterocycles. The van der Waals surface area contributed by atoms with Crippen molar-refractivity contribution in [2.75, 3.05) is 67.5 Å². The van der Waals surface area contributed by atoms with E-state index in [-0.39, 0.29) is 11.9 Å². The monoisotopic (exact) mass is 621 g/mol. The third-order valence-electron chi connectivity index (χ3n) is 8.14. The Balaban J connectivity index is 1.22. The Morgan fingerprint density at radius 3 is 2.63 bits per heavy atom. The van der Waals surface area contributed by atoms with E-state index in [2.05, 4.69) is 56.2 Å². The Labute approximate surface area is 269 Å². The number of hydrogen-bond acceptors (Lipinski definition) is 10. The van der Waals surface area contributed by atoms with Crippen LogP contribution >= 0.6 is 0 Å². The first-order valence-electron chi connectivity index (χ1n) is 15.4. The van der Waals surface area contributed by atoms with Gasteiger partial charge in [0.1, 0.15) is 30.3 Å². The van der Waals surface area contributed by atoms with Crippen molar-refractivity contribution in [2.24, 2.45) is 0 Å². The van der Waals surface area contributed by atoms with Crippen LogP contribution in [0, 0.1) is 0 Å². The van der Waals surface area contributed by atoms with Gasteiger partial charge in [-0.05, 0) is 42.4 Å². The molecule has 238 valence electrons. The van der Waals surface area contributed by atoms with Crippen LogP contribution in [-0.4, -0.2) is 67.7 Å². The second-order valence-corrected chi connectivity index (χ2v) is 11.3. The molecule has 11 nitrogen and oxygen atoms in total. The normalized spacial score (nSPS) is 16.6. The number of piperazine rings is 1. The van der Waals surface area contributed by atoms with Crippen LogP contribution < -0.4 is 30.1 Å². The van der Waals surface area contributed by atoms with E-state index in [1.54, 1.807) is 7.11 Å². The van der Waals surface area contributed by atoms with Crippen LogP contribution in [0.5, 0.6) is 11.5 Å². The fraction of sp³-hybridized carbons (Fsp3) is 0.286. The van der Waals surface area contributed by atoms with E-state index in [1.807, 2.05) is 65.7 Å². The lowest BCUT2D eigenvalue weighted by Gasteiger charge is -2.35. The summed E-state index contributed by atoms with van der Waals surface area (Å²) >= 11 is 0. The second kappa shape index (κ2) is 14.3. The van der Waals surface area contributed by atoms with Gasteiger partial charge in [0.15, 0.2) is 5.82 Å². The van der Waals surface area contributed by atoms with Gasteiger partial charge in [-0.25, -0.2) is 15.0 Å². The van der Waals surface area contributed by atoms with Crippen LogP contribution in [0.4, 0.5) is 28.7 Å². The average Bonchev–Trinajstić information content (AvgIpc) is 3.59. The summed E-state index contributed by atoms with van der Waals surface area (Å²) in [4.78, 5) is 32.0. The highest BCUT2D eigenvalue weighted by atomic mass is 16.7. The van der Waals surface area contributed by atoms with Gasteiger partial charge >= 0.3 is 0 Å². The van der Waals surface area contributed by atoms with Crippen LogP contribution in [0.25, 0.3) is 0 Å². The largest absolute Gasteiger partial charge is 0.494 e. The number of benzene rings is 3. The average molecular weight is 622 g/mol. The van der Waals surface area contributed by atoms with E-state index in [0.29, 0.717) is 42.0 Å².